The van der Waals surface area contributed by atoms with E-state index in [0.29, 0.717) is 5.02 Å². The van der Waals surface area contributed by atoms with E-state index in [9.17, 15) is 0 Å². The fourth-order valence-corrected chi connectivity index (χ4v) is 2.71. The summed E-state index contributed by atoms with van der Waals surface area (Å²) in [4.78, 5) is 7.96. The Labute approximate surface area is 136 Å². The molecule has 1 atom stereocenters. The molecule has 1 heterocycles. The molecule has 2 aromatic carbocycles. The van der Waals surface area contributed by atoms with Gasteiger partial charge in [-0.25, -0.2) is 0 Å². The largest absolute Gasteiger partial charge is 0.363 e. The monoisotopic (exact) mass is 314 g/mol. The van der Waals surface area contributed by atoms with Crippen LogP contribution in [-0.2, 0) is 4.84 Å². The van der Waals surface area contributed by atoms with Crippen LogP contribution in [0.2, 0.25) is 5.02 Å². The van der Waals surface area contributed by atoms with Gasteiger partial charge in [-0.3, -0.25) is 0 Å². The van der Waals surface area contributed by atoms with Crippen molar-refractivity contribution in [3.63, 3.8) is 0 Å². The van der Waals surface area contributed by atoms with Gasteiger partial charge in [0.2, 0.25) is 6.23 Å². The molecule has 2 aromatic rings. The lowest BCUT2D eigenvalue weighted by Gasteiger charge is -2.37. The maximum Gasteiger partial charge on any atom is 0.227 e. The van der Waals surface area contributed by atoms with Gasteiger partial charge in [-0.05, 0) is 32.9 Å². The van der Waals surface area contributed by atoms with Crippen LogP contribution in [0.4, 0.5) is 0 Å². The topological polar surface area (TPSA) is 24.8 Å². The summed E-state index contributed by atoms with van der Waals surface area (Å²) in [6.07, 6.45) is -0.243. The number of hydrogen-bond donors (Lipinski definition) is 0. The van der Waals surface area contributed by atoms with Crippen LogP contribution >= 0.6 is 11.6 Å². The molecule has 3 nitrogen and oxygen atoms in total. The second kappa shape index (κ2) is 5.65. The van der Waals surface area contributed by atoms with E-state index >= 15 is 0 Å². The lowest BCUT2D eigenvalue weighted by atomic mass is 10.0. The van der Waals surface area contributed by atoms with Crippen LogP contribution in [0.1, 0.15) is 38.1 Å². The Morgan fingerprint density at radius 1 is 1.00 bits per heavy atom. The van der Waals surface area contributed by atoms with Gasteiger partial charge in [0, 0.05) is 21.7 Å². The molecule has 22 heavy (non-hydrogen) atoms. The highest BCUT2D eigenvalue weighted by atomic mass is 35.5. The molecule has 0 saturated carbocycles. The standard InChI is InChI=1S/C18H19ClN2O/c1-18(2,3)21-16(13-7-5-4-6-8-13)20-22-17(21)14-9-11-15(19)12-10-14/h4-12,17H,1-3H3/t17-/m1/s1. The van der Waals surface area contributed by atoms with Crippen LogP contribution in [0.5, 0.6) is 0 Å². The van der Waals surface area contributed by atoms with Gasteiger partial charge in [-0.15, -0.1) is 0 Å². The molecule has 0 aromatic heterocycles. The lowest BCUT2D eigenvalue weighted by Crippen LogP contribution is -2.45. The molecular weight excluding hydrogens is 296 g/mol. The molecule has 0 radical (unpaired) electrons. The van der Waals surface area contributed by atoms with Gasteiger partial charge in [0.15, 0.2) is 5.84 Å². The van der Waals surface area contributed by atoms with Gasteiger partial charge >= 0.3 is 0 Å². The van der Waals surface area contributed by atoms with Crippen LogP contribution in [-0.4, -0.2) is 16.3 Å². The summed E-state index contributed by atoms with van der Waals surface area (Å²) in [6, 6.07) is 17.8. The Kier molecular flexibility index (Phi) is 3.83. The highest BCUT2D eigenvalue weighted by Crippen LogP contribution is 2.36. The summed E-state index contributed by atoms with van der Waals surface area (Å²) in [6.45, 7) is 6.47. The minimum absolute atomic E-state index is 0.129. The van der Waals surface area contributed by atoms with Crippen LogP contribution in [0.3, 0.4) is 0 Å². The quantitative estimate of drug-likeness (QED) is 0.793. The molecule has 4 heteroatoms. The number of nitrogens with zero attached hydrogens (tertiary/aromatic N) is 2. The number of hydrogen-bond acceptors (Lipinski definition) is 3. The Hall–Kier alpha value is -2.00. The van der Waals surface area contributed by atoms with Crippen molar-refractivity contribution >= 4 is 17.4 Å². The van der Waals surface area contributed by atoms with E-state index in [1.165, 1.54) is 0 Å². The summed E-state index contributed by atoms with van der Waals surface area (Å²) >= 11 is 5.99. The second-order valence-corrected chi connectivity index (χ2v) is 6.77. The van der Waals surface area contributed by atoms with Crippen molar-refractivity contribution in [2.75, 3.05) is 0 Å². The fourth-order valence-electron chi connectivity index (χ4n) is 2.59. The maximum atomic E-state index is 5.99. The van der Waals surface area contributed by atoms with Gasteiger partial charge in [0.1, 0.15) is 0 Å². The predicted molar refractivity (Wildman–Crippen MR) is 89.8 cm³/mol. The van der Waals surface area contributed by atoms with Crippen molar-refractivity contribution in [1.82, 2.24) is 4.90 Å². The molecule has 0 bridgehead atoms. The molecule has 0 fully saturated rings. The lowest BCUT2D eigenvalue weighted by molar-refractivity contribution is -0.0238. The van der Waals surface area contributed by atoms with Crippen molar-refractivity contribution in [1.29, 1.82) is 0 Å². The van der Waals surface area contributed by atoms with E-state index in [2.05, 4.69) is 30.8 Å². The molecule has 0 saturated heterocycles. The Balaban J connectivity index is 1.99. The van der Waals surface area contributed by atoms with Gasteiger partial charge < -0.3 is 9.74 Å². The molecular formula is C18H19ClN2O. The van der Waals surface area contributed by atoms with Crippen LogP contribution in [0.15, 0.2) is 59.8 Å². The summed E-state index contributed by atoms with van der Waals surface area (Å²) < 4.78 is 0. The normalized spacial score (nSPS) is 18.1. The predicted octanol–water partition coefficient (Wildman–Crippen LogP) is 4.83. The van der Waals surface area contributed by atoms with Crippen molar-refractivity contribution in [3.05, 3.63) is 70.7 Å². The molecule has 0 N–H and O–H groups in total. The SMILES string of the molecule is CC(C)(C)N1C(c2ccccc2)=NO[C@@H]1c1ccc(Cl)cc1. The first kappa shape index (κ1) is 14.9. The van der Waals surface area contributed by atoms with Crippen molar-refractivity contribution < 1.29 is 4.84 Å². The smallest absolute Gasteiger partial charge is 0.227 e. The third-order valence-electron chi connectivity index (χ3n) is 3.61. The average molecular weight is 315 g/mol. The molecule has 0 aliphatic carbocycles. The second-order valence-electron chi connectivity index (χ2n) is 6.33. The zero-order chi connectivity index (χ0) is 15.7. The molecule has 0 spiro atoms. The molecule has 1 aliphatic rings. The zero-order valence-electron chi connectivity index (χ0n) is 13.0. The molecule has 0 unspecified atom stereocenters. The summed E-state index contributed by atoms with van der Waals surface area (Å²) in [5.41, 5.74) is 1.96. The Morgan fingerprint density at radius 2 is 1.64 bits per heavy atom. The number of rotatable bonds is 2. The first-order chi connectivity index (χ1) is 10.5. The van der Waals surface area contributed by atoms with E-state index in [-0.39, 0.29) is 11.8 Å². The fraction of sp³-hybridized carbons (Fsp3) is 0.278. The number of halogens is 1. The third kappa shape index (κ3) is 2.81. The molecule has 114 valence electrons. The zero-order valence-corrected chi connectivity index (χ0v) is 13.7. The minimum atomic E-state index is -0.243. The van der Waals surface area contributed by atoms with E-state index < -0.39 is 0 Å². The number of benzene rings is 2. The summed E-state index contributed by atoms with van der Waals surface area (Å²) in [7, 11) is 0. The van der Waals surface area contributed by atoms with Crippen LogP contribution in [0.25, 0.3) is 0 Å². The van der Waals surface area contributed by atoms with Crippen LogP contribution in [0, 0.1) is 0 Å². The average Bonchev–Trinajstić information content (AvgIpc) is 2.94. The maximum absolute atomic E-state index is 5.99. The minimum Gasteiger partial charge on any atom is -0.363 e. The van der Waals surface area contributed by atoms with Gasteiger partial charge in [0.05, 0.1) is 0 Å². The first-order valence-corrected chi connectivity index (χ1v) is 7.68. The van der Waals surface area contributed by atoms with Crippen molar-refractivity contribution in [2.24, 2.45) is 5.16 Å². The highest BCUT2D eigenvalue weighted by molar-refractivity contribution is 6.30. The van der Waals surface area contributed by atoms with E-state index in [0.717, 1.165) is 17.0 Å². The Morgan fingerprint density at radius 3 is 2.23 bits per heavy atom. The van der Waals surface area contributed by atoms with E-state index in [1.54, 1.807) is 0 Å². The third-order valence-corrected chi connectivity index (χ3v) is 3.86. The molecule has 1 aliphatic heterocycles. The van der Waals surface area contributed by atoms with Gasteiger partial charge in [-0.1, -0.05) is 59.2 Å². The first-order valence-electron chi connectivity index (χ1n) is 7.31. The molecule has 3 rings (SSSR count). The van der Waals surface area contributed by atoms with Gasteiger partial charge in [0.25, 0.3) is 0 Å². The van der Waals surface area contributed by atoms with E-state index in [1.807, 2.05) is 54.6 Å². The Bertz CT molecular complexity index is 674. The highest BCUT2D eigenvalue weighted by Gasteiger charge is 2.39. The van der Waals surface area contributed by atoms with Gasteiger partial charge in [-0.2, -0.15) is 0 Å². The summed E-state index contributed by atoms with van der Waals surface area (Å²) in [5.74, 6) is 0.855. The summed E-state index contributed by atoms with van der Waals surface area (Å²) in [5, 5.41) is 5.06. The number of oxime groups is 1. The van der Waals surface area contributed by atoms with Crippen LogP contribution < -0.4 is 0 Å². The number of amidine groups is 1. The van der Waals surface area contributed by atoms with Crippen molar-refractivity contribution in [3.8, 4) is 0 Å². The van der Waals surface area contributed by atoms with E-state index in [4.69, 9.17) is 16.4 Å². The van der Waals surface area contributed by atoms with Crippen molar-refractivity contribution in [2.45, 2.75) is 32.5 Å². The molecule has 0 amide bonds.